The summed E-state index contributed by atoms with van der Waals surface area (Å²) in [7, 11) is 0. The van der Waals surface area contributed by atoms with Crippen molar-refractivity contribution in [1.29, 1.82) is 0 Å². The molecule has 3 amide bonds. The molecular weight excluding hydrogens is 458 g/mol. The number of nitrogens with zero attached hydrogens (tertiary/aromatic N) is 6. The van der Waals surface area contributed by atoms with Crippen molar-refractivity contribution in [2.75, 3.05) is 42.9 Å². The van der Waals surface area contributed by atoms with Gasteiger partial charge in [0.15, 0.2) is 11.6 Å². The third kappa shape index (κ3) is 4.88. The highest BCUT2D eigenvalue weighted by molar-refractivity contribution is 6.21. The zero-order valence-corrected chi connectivity index (χ0v) is 20.1. The molecule has 184 valence electrons. The zero-order chi connectivity index (χ0) is 25.1. The predicted octanol–water partition coefficient (Wildman–Crippen LogP) is 2.65. The van der Waals surface area contributed by atoms with Crippen LogP contribution in [-0.2, 0) is 4.79 Å². The second kappa shape index (κ2) is 10.1. The smallest absolute Gasteiger partial charge is 0.261 e. The van der Waals surface area contributed by atoms with Gasteiger partial charge in [-0.05, 0) is 49.7 Å². The molecule has 1 fully saturated rings. The minimum atomic E-state index is -0.283. The van der Waals surface area contributed by atoms with Crippen molar-refractivity contribution in [2.45, 2.75) is 19.8 Å². The minimum Gasteiger partial charge on any atom is -0.352 e. The summed E-state index contributed by atoms with van der Waals surface area (Å²) < 4.78 is 0. The van der Waals surface area contributed by atoms with E-state index in [-0.39, 0.29) is 24.3 Å². The zero-order valence-electron chi connectivity index (χ0n) is 20.1. The molecule has 2 aliphatic rings. The molecule has 5 rings (SSSR count). The maximum atomic E-state index is 12.7. The number of nitrogens with one attached hydrogen (secondary N) is 1. The summed E-state index contributed by atoms with van der Waals surface area (Å²) in [5.74, 6) is 1.55. The molecule has 3 aromatic rings. The van der Waals surface area contributed by atoms with Crippen molar-refractivity contribution in [3.05, 3.63) is 71.4 Å². The van der Waals surface area contributed by atoms with Crippen molar-refractivity contribution in [3.63, 3.8) is 0 Å². The molecule has 1 saturated heterocycles. The normalized spacial score (nSPS) is 15.3. The molecule has 0 saturated carbocycles. The number of pyridine rings is 1. The first kappa shape index (κ1) is 23.4. The average Bonchev–Trinajstić information content (AvgIpc) is 3.14. The Morgan fingerprint density at radius 3 is 2.22 bits per heavy atom. The topological polar surface area (TPSA) is 112 Å². The number of carbonyl (C=O) groups excluding carboxylic acids is 3. The molecule has 10 heteroatoms. The Hall–Kier alpha value is -4.34. The van der Waals surface area contributed by atoms with Gasteiger partial charge in [0.25, 0.3) is 11.8 Å². The summed E-state index contributed by atoms with van der Waals surface area (Å²) in [4.78, 5) is 47.2. The predicted molar refractivity (Wildman–Crippen MR) is 134 cm³/mol. The molecule has 0 radical (unpaired) electrons. The molecule has 0 atom stereocenters. The van der Waals surface area contributed by atoms with Gasteiger partial charge in [-0.2, -0.15) is 0 Å². The summed E-state index contributed by atoms with van der Waals surface area (Å²) >= 11 is 0. The quantitative estimate of drug-likeness (QED) is 0.509. The highest BCUT2D eigenvalue weighted by Gasteiger charge is 2.34. The number of amides is 3. The first-order chi connectivity index (χ1) is 17.5. The maximum Gasteiger partial charge on any atom is 0.261 e. The standard InChI is InChI=1S/C26H27N7O3/c1-18-6-4-9-21(27-18)28-22-11-12-23(30-29-22)31-14-16-32(17-15-31)24(34)10-5-13-33-25(35)19-7-2-3-8-20(19)26(33)36/h2-4,6-9,11-12H,5,10,13-17H2,1H3,(H,27,28,29). The fraction of sp³-hybridized carbons (Fsp3) is 0.308. The van der Waals surface area contributed by atoms with Gasteiger partial charge in [0.2, 0.25) is 5.91 Å². The average molecular weight is 486 g/mol. The van der Waals surface area contributed by atoms with Crippen LogP contribution in [0.25, 0.3) is 0 Å². The van der Waals surface area contributed by atoms with Gasteiger partial charge in [0.1, 0.15) is 5.82 Å². The molecule has 2 aromatic heterocycles. The molecule has 1 aromatic carbocycles. The number of benzene rings is 1. The van der Waals surface area contributed by atoms with Crippen molar-refractivity contribution in [2.24, 2.45) is 0 Å². The molecule has 0 aliphatic carbocycles. The maximum absolute atomic E-state index is 12.7. The minimum absolute atomic E-state index is 0.0301. The number of aromatic nitrogens is 3. The molecule has 0 bridgehead atoms. The Balaban J connectivity index is 1.07. The number of fused-ring (bicyclic) bond motifs is 1. The van der Waals surface area contributed by atoms with Gasteiger partial charge in [-0.15, -0.1) is 10.2 Å². The van der Waals surface area contributed by atoms with Crippen molar-refractivity contribution >= 4 is 35.2 Å². The molecule has 4 heterocycles. The number of aryl methyl sites for hydroxylation is 1. The Morgan fingerprint density at radius 1 is 0.861 bits per heavy atom. The Kier molecular flexibility index (Phi) is 6.57. The summed E-state index contributed by atoms with van der Waals surface area (Å²) in [5, 5.41) is 11.7. The van der Waals surface area contributed by atoms with Crippen LogP contribution in [0, 0.1) is 6.92 Å². The largest absolute Gasteiger partial charge is 0.352 e. The molecule has 0 spiro atoms. The van der Waals surface area contributed by atoms with Crippen molar-refractivity contribution in [1.82, 2.24) is 25.0 Å². The van der Waals surface area contributed by atoms with E-state index >= 15 is 0 Å². The van der Waals surface area contributed by atoms with E-state index in [0.29, 0.717) is 61.8 Å². The van der Waals surface area contributed by atoms with E-state index < -0.39 is 0 Å². The van der Waals surface area contributed by atoms with Crippen LogP contribution in [0.15, 0.2) is 54.6 Å². The number of hydrogen-bond acceptors (Lipinski definition) is 8. The summed E-state index contributed by atoms with van der Waals surface area (Å²) in [6.45, 7) is 4.66. The number of rotatable bonds is 7. The first-order valence-corrected chi connectivity index (χ1v) is 12.0. The summed E-state index contributed by atoms with van der Waals surface area (Å²) in [5.41, 5.74) is 1.79. The van der Waals surface area contributed by atoms with Crippen LogP contribution in [-0.4, -0.2) is 75.4 Å². The van der Waals surface area contributed by atoms with Gasteiger partial charge < -0.3 is 15.1 Å². The third-order valence-electron chi connectivity index (χ3n) is 6.40. The van der Waals surface area contributed by atoms with Crippen LogP contribution in [0.3, 0.4) is 0 Å². The summed E-state index contributed by atoms with van der Waals surface area (Å²) in [6, 6.07) is 16.3. The first-order valence-electron chi connectivity index (χ1n) is 12.0. The fourth-order valence-corrected chi connectivity index (χ4v) is 4.48. The second-order valence-electron chi connectivity index (χ2n) is 8.84. The molecule has 0 unspecified atom stereocenters. The van der Waals surface area contributed by atoms with Crippen LogP contribution in [0.2, 0.25) is 0 Å². The van der Waals surface area contributed by atoms with Gasteiger partial charge >= 0.3 is 0 Å². The van der Waals surface area contributed by atoms with Crippen LogP contribution >= 0.6 is 0 Å². The van der Waals surface area contributed by atoms with E-state index in [2.05, 4.69) is 25.4 Å². The Morgan fingerprint density at radius 2 is 1.58 bits per heavy atom. The molecular formula is C26H27N7O3. The van der Waals surface area contributed by atoms with Crippen molar-refractivity contribution in [3.8, 4) is 0 Å². The van der Waals surface area contributed by atoms with Gasteiger partial charge in [-0.25, -0.2) is 4.98 Å². The lowest BCUT2D eigenvalue weighted by Gasteiger charge is -2.35. The second-order valence-corrected chi connectivity index (χ2v) is 8.84. The summed E-state index contributed by atoms with van der Waals surface area (Å²) in [6.07, 6.45) is 0.737. The van der Waals surface area contributed by atoms with Crippen LogP contribution < -0.4 is 10.2 Å². The van der Waals surface area contributed by atoms with E-state index in [1.165, 1.54) is 4.90 Å². The molecule has 2 aliphatic heterocycles. The van der Waals surface area contributed by atoms with Crippen LogP contribution in [0.4, 0.5) is 17.5 Å². The van der Waals surface area contributed by atoms with Gasteiger partial charge in [-0.3, -0.25) is 19.3 Å². The van der Waals surface area contributed by atoms with Crippen LogP contribution in [0.5, 0.6) is 0 Å². The van der Waals surface area contributed by atoms with Gasteiger partial charge in [-0.1, -0.05) is 18.2 Å². The van der Waals surface area contributed by atoms with E-state index in [0.717, 1.165) is 11.5 Å². The number of hydrogen-bond donors (Lipinski definition) is 1. The lowest BCUT2D eigenvalue weighted by molar-refractivity contribution is -0.131. The monoisotopic (exact) mass is 485 g/mol. The van der Waals surface area contributed by atoms with Gasteiger partial charge in [0, 0.05) is 44.8 Å². The van der Waals surface area contributed by atoms with E-state index in [1.54, 1.807) is 24.3 Å². The van der Waals surface area contributed by atoms with Crippen molar-refractivity contribution < 1.29 is 14.4 Å². The van der Waals surface area contributed by atoms with E-state index in [4.69, 9.17) is 0 Å². The SMILES string of the molecule is Cc1cccc(Nc2ccc(N3CCN(C(=O)CCCN4C(=O)c5ccccc5C4=O)CC3)nn2)n1. The number of imide groups is 1. The number of piperazine rings is 1. The lowest BCUT2D eigenvalue weighted by atomic mass is 10.1. The van der Waals surface area contributed by atoms with Crippen LogP contribution in [0.1, 0.15) is 39.3 Å². The lowest BCUT2D eigenvalue weighted by Crippen LogP contribution is -2.49. The number of carbonyl (C=O) groups is 3. The highest BCUT2D eigenvalue weighted by atomic mass is 16.2. The Bertz CT molecular complexity index is 1250. The number of anilines is 3. The molecule has 36 heavy (non-hydrogen) atoms. The molecule has 10 nitrogen and oxygen atoms in total. The fourth-order valence-electron chi connectivity index (χ4n) is 4.48. The van der Waals surface area contributed by atoms with E-state index in [9.17, 15) is 14.4 Å². The van der Waals surface area contributed by atoms with Gasteiger partial charge in [0.05, 0.1) is 11.1 Å². The van der Waals surface area contributed by atoms with E-state index in [1.807, 2.05) is 42.2 Å². The Labute approximate surface area is 208 Å². The molecule has 1 N–H and O–H groups in total. The third-order valence-corrected chi connectivity index (χ3v) is 6.40. The highest BCUT2D eigenvalue weighted by Crippen LogP contribution is 2.23.